The number of ether oxygens (including phenoxy) is 2. The minimum atomic E-state index is -1.41. The number of rotatable bonds is 12. The molecule has 0 aromatic heterocycles. The van der Waals surface area contributed by atoms with Gasteiger partial charge in [-0.1, -0.05) is 0 Å². The fourth-order valence-electron chi connectivity index (χ4n) is 2.28. The van der Waals surface area contributed by atoms with Crippen LogP contribution in [0.5, 0.6) is 11.5 Å². The maximum absolute atomic E-state index is 11.5. The highest BCUT2D eigenvalue weighted by molar-refractivity contribution is 7.93. The molecule has 0 aliphatic carbocycles. The summed E-state index contributed by atoms with van der Waals surface area (Å²) in [5, 5.41) is 0. The second-order valence-corrected chi connectivity index (χ2v) is 7.47. The molecule has 0 fully saturated rings. The van der Waals surface area contributed by atoms with Crippen LogP contribution >= 0.6 is 12.0 Å². The Kier molecular flexibility index (Phi) is 9.55. The smallest absolute Gasteiger partial charge is 0.188 e. The van der Waals surface area contributed by atoms with Gasteiger partial charge in [-0.15, -0.1) is 0 Å². The van der Waals surface area contributed by atoms with Crippen molar-refractivity contribution >= 4 is 23.1 Å². The van der Waals surface area contributed by atoms with Crippen molar-refractivity contribution in [3.05, 3.63) is 48.5 Å². The first kappa shape index (κ1) is 20.8. The van der Waals surface area contributed by atoms with Crippen molar-refractivity contribution in [1.29, 1.82) is 0 Å². The third-order valence-corrected chi connectivity index (χ3v) is 5.12. The molecule has 0 aliphatic heterocycles. The molecule has 1 unspecified atom stereocenters. The molecule has 0 spiro atoms. The van der Waals surface area contributed by atoms with Crippen LogP contribution in [0.3, 0.4) is 0 Å². The molecule has 0 radical (unpaired) electrons. The molecule has 0 heterocycles. The zero-order valence-corrected chi connectivity index (χ0v) is 16.4. The summed E-state index contributed by atoms with van der Waals surface area (Å²) < 4.78 is 36.5. The minimum absolute atomic E-state index is 0.629. The van der Waals surface area contributed by atoms with Crippen LogP contribution in [0.25, 0.3) is 0 Å². The van der Waals surface area contributed by atoms with E-state index in [0.717, 1.165) is 54.1 Å². The van der Waals surface area contributed by atoms with Crippen LogP contribution in [0, 0.1) is 0 Å². The third-order valence-electron chi connectivity index (χ3n) is 3.67. The topological polar surface area (TPSA) is 65.0 Å². The summed E-state index contributed by atoms with van der Waals surface area (Å²) in [7, 11) is 1.41. The SMILES string of the molecule is COS(=O)c1ccc(OCCCCCCOc2ccc(SO)cc2)cc1. The Morgan fingerprint density at radius 2 is 1.35 bits per heavy atom. The second-order valence-electron chi connectivity index (χ2n) is 5.55. The molecule has 2 aromatic carbocycles. The van der Waals surface area contributed by atoms with Gasteiger partial charge in [0.25, 0.3) is 0 Å². The normalized spacial score (nSPS) is 11.9. The molecule has 0 aliphatic rings. The van der Waals surface area contributed by atoms with Crippen molar-refractivity contribution < 1.29 is 22.4 Å². The molecule has 142 valence electrons. The van der Waals surface area contributed by atoms with Crippen molar-refractivity contribution in [3.63, 3.8) is 0 Å². The van der Waals surface area contributed by atoms with E-state index in [9.17, 15) is 4.21 Å². The molecular formula is C19H24O5S2. The largest absolute Gasteiger partial charge is 0.494 e. The van der Waals surface area contributed by atoms with Gasteiger partial charge in [0.05, 0.1) is 25.2 Å². The van der Waals surface area contributed by atoms with Crippen molar-refractivity contribution in [2.45, 2.75) is 35.5 Å². The zero-order valence-electron chi connectivity index (χ0n) is 14.8. The Hall–Kier alpha value is -1.54. The molecule has 0 saturated heterocycles. The van der Waals surface area contributed by atoms with Crippen LogP contribution in [0.1, 0.15) is 25.7 Å². The molecule has 2 rings (SSSR count). The minimum Gasteiger partial charge on any atom is -0.494 e. The fraction of sp³-hybridized carbons (Fsp3) is 0.368. The fourth-order valence-corrected chi connectivity index (χ4v) is 3.09. The van der Waals surface area contributed by atoms with Crippen molar-refractivity contribution in [2.75, 3.05) is 20.3 Å². The molecule has 1 N–H and O–H groups in total. The van der Waals surface area contributed by atoms with Crippen molar-refractivity contribution in [1.82, 2.24) is 0 Å². The molecule has 0 bridgehead atoms. The Morgan fingerprint density at radius 1 is 0.846 bits per heavy atom. The number of hydrogen-bond acceptors (Lipinski definition) is 6. The van der Waals surface area contributed by atoms with Crippen molar-refractivity contribution in [3.8, 4) is 11.5 Å². The van der Waals surface area contributed by atoms with Crippen LogP contribution in [0.15, 0.2) is 58.3 Å². The first-order valence-corrected chi connectivity index (χ1v) is 10.3. The van der Waals surface area contributed by atoms with Crippen LogP contribution in [-0.2, 0) is 15.3 Å². The van der Waals surface area contributed by atoms with Crippen LogP contribution in [-0.4, -0.2) is 29.1 Å². The Balaban J connectivity index is 1.52. The lowest BCUT2D eigenvalue weighted by molar-refractivity contribution is 0.287. The first-order chi connectivity index (χ1) is 12.7. The van der Waals surface area contributed by atoms with E-state index in [1.165, 1.54) is 7.11 Å². The monoisotopic (exact) mass is 396 g/mol. The molecular weight excluding hydrogens is 372 g/mol. The third kappa shape index (κ3) is 7.37. The van der Waals surface area contributed by atoms with Crippen LogP contribution < -0.4 is 9.47 Å². The van der Waals surface area contributed by atoms with Crippen LogP contribution in [0.2, 0.25) is 0 Å². The van der Waals surface area contributed by atoms with E-state index in [0.29, 0.717) is 18.1 Å². The molecule has 7 heteroatoms. The summed E-state index contributed by atoms with van der Waals surface area (Å²) in [5.74, 6) is 1.60. The highest BCUT2D eigenvalue weighted by Crippen LogP contribution is 2.19. The Labute approximate surface area is 161 Å². The van der Waals surface area contributed by atoms with Gasteiger partial charge in [0.1, 0.15) is 11.5 Å². The number of hydrogen-bond donors (Lipinski definition) is 1. The Bertz CT molecular complexity index is 659. The van der Waals surface area contributed by atoms with Gasteiger partial charge in [-0.2, -0.15) is 0 Å². The average molecular weight is 397 g/mol. The average Bonchev–Trinajstić information content (AvgIpc) is 2.70. The van der Waals surface area contributed by atoms with Crippen molar-refractivity contribution in [2.24, 2.45) is 0 Å². The number of benzene rings is 2. The predicted molar refractivity (Wildman–Crippen MR) is 104 cm³/mol. The first-order valence-electron chi connectivity index (χ1n) is 8.46. The highest BCUT2D eigenvalue weighted by atomic mass is 32.2. The lowest BCUT2D eigenvalue weighted by Gasteiger charge is -2.08. The van der Waals surface area contributed by atoms with E-state index in [1.54, 1.807) is 24.3 Å². The quantitative estimate of drug-likeness (QED) is 0.405. The standard InChI is InChI=1S/C19H24O5S2/c1-22-26(21)19-12-8-17(9-13-19)24-15-5-3-2-4-14-23-16-6-10-18(25-20)11-7-16/h6-13,20H,2-5,14-15H2,1H3. The van der Waals surface area contributed by atoms with E-state index in [-0.39, 0.29) is 0 Å². The molecule has 26 heavy (non-hydrogen) atoms. The summed E-state index contributed by atoms with van der Waals surface area (Å²) >= 11 is -0.674. The molecule has 0 amide bonds. The molecule has 2 aromatic rings. The lowest BCUT2D eigenvalue weighted by atomic mass is 10.2. The van der Waals surface area contributed by atoms with E-state index in [4.69, 9.17) is 18.2 Å². The van der Waals surface area contributed by atoms with Gasteiger partial charge in [0.15, 0.2) is 11.1 Å². The number of unbranched alkanes of at least 4 members (excludes halogenated alkanes) is 3. The summed E-state index contributed by atoms with van der Waals surface area (Å²) in [6.07, 6.45) is 4.14. The second kappa shape index (κ2) is 12.0. The highest BCUT2D eigenvalue weighted by Gasteiger charge is 2.02. The predicted octanol–water partition coefficient (Wildman–Crippen LogP) is 4.94. The van der Waals surface area contributed by atoms with Gasteiger partial charge in [-0.25, -0.2) is 4.21 Å². The summed E-state index contributed by atoms with van der Waals surface area (Å²) in [4.78, 5) is 1.43. The summed E-state index contributed by atoms with van der Waals surface area (Å²) in [5.41, 5.74) is 0. The maximum Gasteiger partial charge on any atom is 0.188 e. The van der Waals surface area contributed by atoms with E-state index >= 15 is 0 Å². The Morgan fingerprint density at radius 3 is 1.81 bits per heavy atom. The van der Waals surface area contributed by atoms with E-state index in [2.05, 4.69) is 0 Å². The molecule has 1 atom stereocenters. The van der Waals surface area contributed by atoms with Gasteiger partial charge in [-0.05, 0) is 74.2 Å². The molecule has 0 saturated carbocycles. The van der Waals surface area contributed by atoms with Gasteiger partial charge < -0.3 is 14.0 Å². The van der Waals surface area contributed by atoms with E-state index < -0.39 is 11.1 Å². The summed E-state index contributed by atoms with van der Waals surface area (Å²) in [6.45, 7) is 1.35. The van der Waals surface area contributed by atoms with Gasteiger partial charge in [0, 0.05) is 16.9 Å². The lowest BCUT2D eigenvalue weighted by Crippen LogP contribution is -2.00. The zero-order chi connectivity index (χ0) is 18.6. The molecule has 5 nitrogen and oxygen atoms in total. The van der Waals surface area contributed by atoms with Gasteiger partial charge >= 0.3 is 0 Å². The maximum atomic E-state index is 11.5. The summed E-state index contributed by atoms with van der Waals surface area (Å²) in [6, 6.07) is 14.5. The van der Waals surface area contributed by atoms with Crippen LogP contribution in [0.4, 0.5) is 0 Å². The van der Waals surface area contributed by atoms with Gasteiger partial charge in [0.2, 0.25) is 0 Å². The van der Waals surface area contributed by atoms with Gasteiger partial charge in [-0.3, -0.25) is 4.18 Å². The van der Waals surface area contributed by atoms with E-state index in [1.807, 2.05) is 24.3 Å².